The van der Waals surface area contributed by atoms with Gasteiger partial charge in [-0.1, -0.05) is 38.1 Å². The third kappa shape index (κ3) is 4.56. The van der Waals surface area contributed by atoms with Crippen molar-refractivity contribution >= 4 is 23.7 Å². The van der Waals surface area contributed by atoms with Crippen molar-refractivity contribution < 1.29 is 23.9 Å². The van der Waals surface area contributed by atoms with Crippen molar-refractivity contribution in [3.05, 3.63) is 70.8 Å². The Labute approximate surface area is 175 Å². The third-order valence-corrected chi connectivity index (χ3v) is 5.10. The summed E-state index contributed by atoms with van der Waals surface area (Å²) in [6, 6.07) is 13.1. The molecule has 0 aliphatic carbocycles. The maximum atomic E-state index is 12.5. The summed E-state index contributed by atoms with van der Waals surface area (Å²) in [5.74, 6) is -1.47. The number of carbonyl (C=O) groups is 4. The molecular formula is C23H24N2O5. The van der Waals surface area contributed by atoms with Crippen LogP contribution in [0.15, 0.2) is 48.5 Å². The highest BCUT2D eigenvalue weighted by Crippen LogP contribution is 2.24. The second-order valence-corrected chi connectivity index (χ2v) is 7.62. The molecule has 1 heterocycles. The van der Waals surface area contributed by atoms with Gasteiger partial charge in [0.15, 0.2) is 6.61 Å². The molecule has 0 aromatic heterocycles. The molecule has 1 N–H and O–H groups in total. The van der Waals surface area contributed by atoms with E-state index >= 15 is 0 Å². The van der Waals surface area contributed by atoms with Crippen LogP contribution < -0.4 is 5.32 Å². The number of nitrogens with zero attached hydrogens (tertiary/aromatic N) is 1. The Kier molecular flexibility index (Phi) is 6.30. The van der Waals surface area contributed by atoms with Gasteiger partial charge in [-0.05, 0) is 42.7 Å². The van der Waals surface area contributed by atoms with E-state index in [0.29, 0.717) is 16.7 Å². The van der Waals surface area contributed by atoms with E-state index in [1.807, 2.05) is 20.8 Å². The number of carbonyl (C=O) groups excluding carboxylic acids is 4. The second-order valence-electron chi connectivity index (χ2n) is 7.62. The van der Waals surface area contributed by atoms with Crippen LogP contribution in [0.3, 0.4) is 0 Å². The smallest absolute Gasteiger partial charge is 0.338 e. The van der Waals surface area contributed by atoms with Gasteiger partial charge in [-0.3, -0.25) is 19.3 Å². The van der Waals surface area contributed by atoms with Gasteiger partial charge in [0.05, 0.1) is 23.2 Å². The molecule has 3 rings (SSSR count). The normalized spacial score (nSPS) is 13.9. The first-order valence-corrected chi connectivity index (χ1v) is 9.78. The van der Waals surface area contributed by atoms with Gasteiger partial charge in [0.25, 0.3) is 17.7 Å². The molecule has 0 fully saturated rings. The predicted molar refractivity (Wildman–Crippen MR) is 110 cm³/mol. The van der Waals surface area contributed by atoms with Crippen molar-refractivity contribution in [2.75, 3.05) is 6.61 Å². The summed E-state index contributed by atoms with van der Waals surface area (Å²) in [7, 11) is 0. The molecule has 0 bridgehead atoms. The minimum atomic E-state index is -0.647. The van der Waals surface area contributed by atoms with Gasteiger partial charge in [-0.2, -0.15) is 0 Å². The summed E-state index contributed by atoms with van der Waals surface area (Å²) < 4.78 is 5.09. The number of benzene rings is 2. The Morgan fingerprint density at radius 3 is 2.20 bits per heavy atom. The topological polar surface area (TPSA) is 92.8 Å². The first-order valence-electron chi connectivity index (χ1n) is 9.78. The van der Waals surface area contributed by atoms with Crippen LogP contribution in [0.2, 0.25) is 0 Å². The molecule has 1 unspecified atom stereocenters. The number of ether oxygens (including phenoxy) is 1. The number of amides is 3. The Morgan fingerprint density at radius 2 is 1.60 bits per heavy atom. The molecule has 0 radical (unpaired) electrons. The van der Waals surface area contributed by atoms with Crippen molar-refractivity contribution in [2.45, 2.75) is 33.4 Å². The fourth-order valence-corrected chi connectivity index (χ4v) is 3.04. The average molecular weight is 408 g/mol. The number of rotatable bonds is 7. The van der Waals surface area contributed by atoms with Crippen LogP contribution in [0.25, 0.3) is 0 Å². The van der Waals surface area contributed by atoms with Crippen LogP contribution in [0.4, 0.5) is 0 Å². The lowest BCUT2D eigenvalue weighted by atomic mass is 10.1. The zero-order valence-electron chi connectivity index (χ0n) is 17.2. The number of fused-ring (bicyclic) bond motifs is 1. The highest BCUT2D eigenvalue weighted by atomic mass is 16.5. The van der Waals surface area contributed by atoms with Crippen LogP contribution in [0.1, 0.15) is 57.4 Å². The summed E-state index contributed by atoms with van der Waals surface area (Å²) in [6.45, 7) is 5.51. The molecule has 1 atom stereocenters. The van der Waals surface area contributed by atoms with Crippen molar-refractivity contribution in [3.63, 3.8) is 0 Å². The number of nitrogens with one attached hydrogen (secondary N) is 1. The third-order valence-electron chi connectivity index (χ3n) is 5.10. The number of hydrogen-bond donors (Lipinski definition) is 1. The van der Waals surface area contributed by atoms with Crippen LogP contribution >= 0.6 is 0 Å². The molecule has 1 aliphatic rings. The fourth-order valence-electron chi connectivity index (χ4n) is 3.04. The van der Waals surface area contributed by atoms with Gasteiger partial charge >= 0.3 is 5.97 Å². The van der Waals surface area contributed by atoms with E-state index in [1.165, 1.54) is 0 Å². The molecular weight excluding hydrogens is 384 g/mol. The molecule has 1 aliphatic heterocycles. The molecule has 0 spiro atoms. The summed E-state index contributed by atoms with van der Waals surface area (Å²) >= 11 is 0. The molecule has 2 aromatic rings. The zero-order chi connectivity index (χ0) is 21.8. The van der Waals surface area contributed by atoms with Crippen molar-refractivity contribution in [3.8, 4) is 0 Å². The monoisotopic (exact) mass is 408 g/mol. The van der Waals surface area contributed by atoms with E-state index in [9.17, 15) is 19.2 Å². The number of esters is 1. The average Bonchev–Trinajstić information content (AvgIpc) is 2.97. The minimum Gasteiger partial charge on any atom is -0.452 e. The first kappa shape index (κ1) is 21.2. The first-order chi connectivity index (χ1) is 14.3. The van der Waals surface area contributed by atoms with Crippen LogP contribution in [0.5, 0.6) is 0 Å². The molecule has 0 saturated carbocycles. The lowest BCUT2D eigenvalue weighted by molar-refractivity contribution is -0.125. The molecule has 2 aromatic carbocycles. The van der Waals surface area contributed by atoms with E-state index < -0.39 is 5.97 Å². The SMILES string of the molecule is CC(C)C(C)NC(=O)COC(=O)c1cccc(CN2C(=O)c3ccccc3C2=O)c1. The lowest BCUT2D eigenvalue weighted by Gasteiger charge is -2.17. The highest BCUT2D eigenvalue weighted by molar-refractivity contribution is 6.21. The maximum absolute atomic E-state index is 12.5. The summed E-state index contributed by atoms with van der Waals surface area (Å²) in [5, 5.41) is 2.77. The van der Waals surface area contributed by atoms with Crippen LogP contribution in [0, 0.1) is 5.92 Å². The van der Waals surface area contributed by atoms with Gasteiger partial charge in [0.1, 0.15) is 0 Å². The molecule has 7 nitrogen and oxygen atoms in total. The Hall–Kier alpha value is -3.48. The highest BCUT2D eigenvalue weighted by Gasteiger charge is 2.35. The van der Waals surface area contributed by atoms with E-state index in [0.717, 1.165) is 4.90 Å². The van der Waals surface area contributed by atoms with E-state index in [1.54, 1.807) is 48.5 Å². The Balaban J connectivity index is 1.63. The number of imide groups is 1. The molecule has 3 amide bonds. The summed E-state index contributed by atoms with van der Waals surface area (Å²) in [5.41, 5.74) is 1.60. The molecule has 30 heavy (non-hydrogen) atoms. The largest absolute Gasteiger partial charge is 0.452 e. The van der Waals surface area contributed by atoms with Gasteiger partial charge < -0.3 is 10.1 Å². The minimum absolute atomic E-state index is 0.0285. The number of hydrogen-bond acceptors (Lipinski definition) is 5. The van der Waals surface area contributed by atoms with E-state index in [-0.39, 0.29) is 48.4 Å². The van der Waals surface area contributed by atoms with Crippen LogP contribution in [-0.2, 0) is 16.1 Å². The summed E-state index contributed by atoms with van der Waals surface area (Å²) in [4.78, 5) is 50.4. The van der Waals surface area contributed by atoms with E-state index in [4.69, 9.17) is 4.74 Å². The van der Waals surface area contributed by atoms with Gasteiger partial charge in [0.2, 0.25) is 0 Å². The Bertz CT molecular complexity index is 964. The van der Waals surface area contributed by atoms with Gasteiger partial charge in [-0.15, -0.1) is 0 Å². The quantitative estimate of drug-likeness (QED) is 0.562. The lowest BCUT2D eigenvalue weighted by Crippen LogP contribution is -2.38. The van der Waals surface area contributed by atoms with Gasteiger partial charge in [0, 0.05) is 6.04 Å². The predicted octanol–water partition coefficient (Wildman–Crippen LogP) is 2.80. The standard InChI is InChI=1S/C23H24N2O5/c1-14(2)15(3)24-20(26)13-30-23(29)17-8-6-7-16(11-17)12-25-21(27)18-9-4-5-10-19(18)22(25)28/h4-11,14-15H,12-13H2,1-3H3,(H,24,26). The fraction of sp³-hybridized carbons (Fsp3) is 0.304. The second kappa shape index (κ2) is 8.90. The Morgan fingerprint density at radius 1 is 0.967 bits per heavy atom. The van der Waals surface area contributed by atoms with Crippen molar-refractivity contribution in [2.24, 2.45) is 5.92 Å². The van der Waals surface area contributed by atoms with Gasteiger partial charge in [-0.25, -0.2) is 4.79 Å². The van der Waals surface area contributed by atoms with Crippen molar-refractivity contribution in [1.82, 2.24) is 10.2 Å². The molecule has 7 heteroatoms. The maximum Gasteiger partial charge on any atom is 0.338 e. The van der Waals surface area contributed by atoms with Crippen molar-refractivity contribution in [1.29, 1.82) is 0 Å². The zero-order valence-corrected chi connectivity index (χ0v) is 17.2. The molecule has 156 valence electrons. The van der Waals surface area contributed by atoms with Crippen LogP contribution in [-0.4, -0.2) is 41.2 Å². The molecule has 0 saturated heterocycles. The summed E-state index contributed by atoms with van der Waals surface area (Å²) in [6.07, 6.45) is 0. The van der Waals surface area contributed by atoms with E-state index in [2.05, 4.69) is 5.32 Å².